The van der Waals surface area contributed by atoms with Crippen LogP contribution in [-0.2, 0) is 13.6 Å². The van der Waals surface area contributed by atoms with Crippen LogP contribution in [0.5, 0.6) is 5.75 Å². The Balaban J connectivity index is 0.00000267. The quantitative estimate of drug-likeness (QED) is 0.252. The summed E-state index contributed by atoms with van der Waals surface area (Å²) in [5, 5.41) is 1.19. The molecule has 3 heterocycles. The van der Waals surface area contributed by atoms with E-state index in [4.69, 9.17) is 14.1 Å². The van der Waals surface area contributed by atoms with Gasteiger partial charge in [0.05, 0.1) is 23.1 Å². The Kier molecular flexibility index (Phi) is 6.65. The first kappa shape index (κ1) is 23.9. The number of pyridine rings is 1. The maximum atomic E-state index is 6.11. The molecule has 0 fully saturated rings. The Morgan fingerprint density at radius 3 is 2.56 bits per heavy atom. The summed E-state index contributed by atoms with van der Waals surface area (Å²) in [4.78, 5) is 6.79. The number of halogens is 1. The number of hydrogen-bond donors (Lipinski definition) is 0. The van der Waals surface area contributed by atoms with Crippen LogP contribution >= 0.6 is 0 Å². The van der Waals surface area contributed by atoms with Gasteiger partial charge in [-0.3, -0.25) is 4.57 Å². The molecule has 0 N–H and O–H groups in total. The summed E-state index contributed by atoms with van der Waals surface area (Å²) < 4.78 is 16.3. The average molecular weight is 543 g/mol. The van der Waals surface area contributed by atoms with Crippen LogP contribution < -0.4 is 36.9 Å². The van der Waals surface area contributed by atoms with Gasteiger partial charge in [-0.05, 0) is 35.9 Å². The van der Waals surface area contributed by atoms with Gasteiger partial charge in [-0.15, -0.1) is 0 Å². The Morgan fingerprint density at radius 2 is 1.69 bits per heavy atom. The second kappa shape index (κ2) is 10.0. The number of rotatable bonds is 5. The lowest BCUT2D eigenvalue weighted by molar-refractivity contribution is -0.671. The number of aryl methyl sites for hydroxylation is 2. The highest BCUT2D eigenvalue weighted by atomic mass is 79.9. The number of hydrogen-bond acceptors (Lipinski definition) is 4. The molecule has 5 aromatic rings. The predicted octanol–water partition coefficient (Wildman–Crippen LogP) is 2.03. The van der Waals surface area contributed by atoms with Crippen LogP contribution in [0.15, 0.2) is 100 Å². The summed E-state index contributed by atoms with van der Waals surface area (Å²) in [6, 6.07) is 26.8. The molecule has 7 heteroatoms. The van der Waals surface area contributed by atoms with Gasteiger partial charge in [-0.1, -0.05) is 36.4 Å². The summed E-state index contributed by atoms with van der Waals surface area (Å²) in [5.41, 5.74) is 5.97. The normalized spacial score (nSPS) is 14.3. The third-order valence-corrected chi connectivity index (χ3v) is 6.53. The lowest BCUT2D eigenvalue weighted by Crippen LogP contribution is -3.00. The van der Waals surface area contributed by atoms with E-state index >= 15 is 0 Å². The van der Waals surface area contributed by atoms with Crippen LogP contribution in [0.2, 0.25) is 0 Å². The zero-order valence-electron chi connectivity index (χ0n) is 20.3. The van der Waals surface area contributed by atoms with E-state index in [1.807, 2.05) is 61.1 Å². The molecule has 0 radical (unpaired) electrons. The molecule has 0 aliphatic carbocycles. The van der Waals surface area contributed by atoms with Crippen molar-refractivity contribution < 1.29 is 30.7 Å². The van der Waals surface area contributed by atoms with Crippen molar-refractivity contribution in [1.29, 1.82) is 0 Å². The molecule has 6 nitrogen and oxygen atoms in total. The molecule has 6 rings (SSSR count). The lowest BCUT2D eigenvalue weighted by atomic mass is 10.1. The largest absolute Gasteiger partial charge is 1.00 e. The van der Waals surface area contributed by atoms with Crippen LogP contribution in [0.4, 0.5) is 5.69 Å². The van der Waals surface area contributed by atoms with Crippen molar-refractivity contribution in [2.45, 2.75) is 13.0 Å². The van der Waals surface area contributed by atoms with E-state index in [2.05, 4.69) is 58.1 Å². The Hall–Kier alpha value is -3.84. The molecule has 3 aromatic carbocycles. The first-order valence-electron chi connectivity index (χ1n) is 11.9. The van der Waals surface area contributed by atoms with Gasteiger partial charge in [0.25, 0.3) is 5.68 Å². The molecule has 0 unspecified atom stereocenters. The van der Waals surface area contributed by atoms with Gasteiger partial charge in [0.15, 0.2) is 24.1 Å². The van der Waals surface area contributed by atoms with Crippen molar-refractivity contribution in [2.75, 3.05) is 18.5 Å². The van der Waals surface area contributed by atoms with Gasteiger partial charge in [0.1, 0.15) is 0 Å². The van der Waals surface area contributed by atoms with Crippen molar-refractivity contribution in [3.8, 4) is 5.75 Å². The second-order valence-corrected chi connectivity index (χ2v) is 8.74. The molecule has 0 saturated heterocycles. The number of nitrogens with zero attached hydrogens (tertiary/aromatic N) is 4. The fraction of sp³-hybridized carbons (Fsp3) is 0.172. The highest BCUT2D eigenvalue weighted by Gasteiger charge is 2.23. The number of anilines is 1. The van der Waals surface area contributed by atoms with Crippen molar-refractivity contribution in [3.63, 3.8) is 0 Å². The molecule has 0 spiro atoms. The molecule has 0 amide bonds. The summed E-state index contributed by atoms with van der Waals surface area (Å²) in [7, 11) is 4.03. The molecule has 0 saturated carbocycles. The van der Waals surface area contributed by atoms with Crippen LogP contribution in [-0.4, -0.2) is 18.2 Å². The maximum absolute atomic E-state index is 6.11. The zero-order valence-corrected chi connectivity index (χ0v) is 21.9. The topological polar surface area (TPSA) is 46.8 Å². The number of para-hydroxylation sites is 5. The first-order chi connectivity index (χ1) is 17.2. The highest BCUT2D eigenvalue weighted by Crippen LogP contribution is 2.38. The fourth-order valence-corrected chi connectivity index (χ4v) is 4.65. The van der Waals surface area contributed by atoms with Gasteiger partial charge >= 0.3 is 0 Å². The van der Waals surface area contributed by atoms with E-state index in [-0.39, 0.29) is 17.0 Å². The molecule has 1 aliphatic rings. The minimum absolute atomic E-state index is 0. The second-order valence-electron chi connectivity index (χ2n) is 8.74. The van der Waals surface area contributed by atoms with Gasteiger partial charge in [0, 0.05) is 38.7 Å². The van der Waals surface area contributed by atoms with E-state index in [1.54, 1.807) is 0 Å². The minimum atomic E-state index is 0. The number of aromatic nitrogens is 2. The zero-order chi connectivity index (χ0) is 23.8. The van der Waals surface area contributed by atoms with E-state index < -0.39 is 0 Å². The van der Waals surface area contributed by atoms with E-state index in [1.165, 1.54) is 10.9 Å². The van der Waals surface area contributed by atoms with Gasteiger partial charge in [0.2, 0.25) is 11.4 Å². The van der Waals surface area contributed by atoms with Crippen LogP contribution in [0, 0.1) is 0 Å². The Labute approximate surface area is 220 Å². The van der Waals surface area contributed by atoms with E-state index in [0.717, 1.165) is 46.9 Å². The Morgan fingerprint density at radius 1 is 0.917 bits per heavy atom. The summed E-state index contributed by atoms with van der Waals surface area (Å²) in [6.45, 7) is 1.56. The van der Waals surface area contributed by atoms with E-state index in [9.17, 15) is 0 Å². The lowest BCUT2D eigenvalue weighted by Gasteiger charge is -2.11. The van der Waals surface area contributed by atoms with Crippen molar-refractivity contribution in [2.24, 2.45) is 12.0 Å². The molecule has 182 valence electrons. The average Bonchev–Trinajstić information content (AvgIpc) is 3.39. The van der Waals surface area contributed by atoms with Crippen LogP contribution in [0.25, 0.3) is 28.1 Å². The molecular weight excluding hydrogens is 516 g/mol. The van der Waals surface area contributed by atoms with Gasteiger partial charge < -0.3 is 31.0 Å². The number of benzene rings is 3. The third-order valence-electron chi connectivity index (χ3n) is 6.53. The monoisotopic (exact) mass is 542 g/mol. The smallest absolute Gasteiger partial charge is 0.297 e. The molecule has 2 aromatic heterocycles. The van der Waals surface area contributed by atoms with Crippen LogP contribution in [0.1, 0.15) is 12.0 Å². The molecule has 0 atom stereocenters. The SMILES string of the molecule is CN1C(=Cc2cc[n+](CCCN=c3oc4ccccc4n3C)c3ccccc23)Oc2ccccc21.[Br-]. The third kappa shape index (κ3) is 4.31. The summed E-state index contributed by atoms with van der Waals surface area (Å²) >= 11 is 0. The minimum Gasteiger partial charge on any atom is -1.00 e. The maximum Gasteiger partial charge on any atom is 0.297 e. The predicted molar refractivity (Wildman–Crippen MR) is 138 cm³/mol. The highest BCUT2D eigenvalue weighted by molar-refractivity contribution is 5.87. The number of fused-ring (bicyclic) bond motifs is 3. The van der Waals surface area contributed by atoms with E-state index in [0.29, 0.717) is 12.2 Å². The van der Waals surface area contributed by atoms with Crippen LogP contribution in [0.3, 0.4) is 0 Å². The number of ether oxygens (including phenoxy) is 1. The summed E-state index contributed by atoms with van der Waals surface area (Å²) in [5.74, 6) is 1.71. The van der Waals surface area contributed by atoms with Crippen molar-refractivity contribution in [3.05, 3.63) is 102 Å². The molecular formula is C29H27BrN4O2. The molecule has 36 heavy (non-hydrogen) atoms. The van der Waals surface area contributed by atoms with Gasteiger partial charge in [-0.2, -0.15) is 4.57 Å². The van der Waals surface area contributed by atoms with Crippen molar-refractivity contribution in [1.82, 2.24) is 4.57 Å². The summed E-state index contributed by atoms with van der Waals surface area (Å²) in [6.07, 6.45) is 5.18. The van der Waals surface area contributed by atoms with Crippen molar-refractivity contribution >= 4 is 33.8 Å². The fourth-order valence-electron chi connectivity index (χ4n) is 4.65. The van der Waals surface area contributed by atoms with Gasteiger partial charge in [-0.25, -0.2) is 4.99 Å². The molecule has 0 bridgehead atoms. The number of oxazole rings is 1. The first-order valence-corrected chi connectivity index (χ1v) is 11.9. The molecule has 1 aliphatic heterocycles. The Bertz CT molecular complexity index is 1650. The standard InChI is InChI=1S/C29H27N4O2.BrH/c1-31-24-12-5-7-14-26(24)34-28(31)20-21-16-19-33(23-11-4-3-10-22(21)23)18-9-17-30-29-32(2)25-13-6-8-15-27(25)35-29;/h3-8,10-16,19-20H,9,17-18H2,1-2H3;1H/q+1;/p-1.